The molecule has 1 aliphatic heterocycles. The van der Waals surface area contributed by atoms with E-state index < -0.39 is 6.04 Å². The van der Waals surface area contributed by atoms with Gasteiger partial charge >= 0.3 is 0 Å². The Morgan fingerprint density at radius 2 is 1.86 bits per heavy atom. The van der Waals surface area contributed by atoms with Crippen molar-refractivity contribution in [3.63, 3.8) is 0 Å². The SMILES string of the molecule is CCC(C)C1NC(=O)C(C(C)C)N(C(C)CCOC)C1=O. The summed E-state index contributed by atoms with van der Waals surface area (Å²) in [4.78, 5) is 27.1. The third-order valence-corrected chi connectivity index (χ3v) is 4.45. The van der Waals surface area contributed by atoms with Crippen molar-refractivity contribution in [2.75, 3.05) is 13.7 Å². The van der Waals surface area contributed by atoms with E-state index in [0.29, 0.717) is 6.61 Å². The molecule has 0 aromatic carbocycles. The Hall–Kier alpha value is -1.10. The van der Waals surface area contributed by atoms with E-state index in [0.717, 1.165) is 12.8 Å². The standard InChI is InChI=1S/C16H30N2O3/c1-7-11(4)13-16(20)18(12(5)8-9-21-6)14(10(2)3)15(19)17-13/h10-14H,7-9H2,1-6H3,(H,17,19). The van der Waals surface area contributed by atoms with E-state index >= 15 is 0 Å². The maximum atomic E-state index is 12.9. The van der Waals surface area contributed by atoms with Gasteiger partial charge in [-0.3, -0.25) is 9.59 Å². The lowest BCUT2D eigenvalue weighted by Crippen LogP contribution is -2.68. The number of piperazine rings is 1. The van der Waals surface area contributed by atoms with Crippen LogP contribution in [0.25, 0.3) is 0 Å². The van der Waals surface area contributed by atoms with Crippen LogP contribution in [-0.2, 0) is 14.3 Å². The highest BCUT2D eigenvalue weighted by molar-refractivity contribution is 5.97. The van der Waals surface area contributed by atoms with Crippen LogP contribution in [-0.4, -0.2) is 48.6 Å². The largest absolute Gasteiger partial charge is 0.385 e. The zero-order valence-corrected chi connectivity index (χ0v) is 14.2. The van der Waals surface area contributed by atoms with Gasteiger partial charge < -0.3 is 15.0 Å². The first-order chi connectivity index (χ1) is 9.84. The van der Waals surface area contributed by atoms with Crippen LogP contribution in [0.3, 0.4) is 0 Å². The fourth-order valence-electron chi connectivity index (χ4n) is 2.89. The fourth-order valence-corrected chi connectivity index (χ4v) is 2.89. The van der Waals surface area contributed by atoms with Crippen LogP contribution >= 0.6 is 0 Å². The first-order valence-electron chi connectivity index (χ1n) is 7.96. The van der Waals surface area contributed by atoms with E-state index in [1.165, 1.54) is 0 Å². The average Bonchev–Trinajstić information content (AvgIpc) is 2.44. The van der Waals surface area contributed by atoms with Gasteiger partial charge in [0, 0.05) is 19.8 Å². The highest BCUT2D eigenvalue weighted by Gasteiger charge is 2.45. The normalized spacial score (nSPS) is 26.0. The molecule has 122 valence electrons. The van der Waals surface area contributed by atoms with Gasteiger partial charge in [0.25, 0.3) is 0 Å². The van der Waals surface area contributed by atoms with Crippen molar-refractivity contribution in [2.45, 2.75) is 65.6 Å². The minimum Gasteiger partial charge on any atom is -0.385 e. The Bertz CT molecular complexity index is 371. The predicted molar refractivity (Wildman–Crippen MR) is 82.8 cm³/mol. The van der Waals surface area contributed by atoms with E-state index in [1.54, 1.807) is 12.0 Å². The monoisotopic (exact) mass is 298 g/mol. The van der Waals surface area contributed by atoms with Crippen molar-refractivity contribution in [3.05, 3.63) is 0 Å². The number of hydrogen-bond acceptors (Lipinski definition) is 3. The van der Waals surface area contributed by atoms with Gasteiger partial charge in [0.05, 0.1) is 0 Å². The fraction of sp³-hybridized carbons (Fsp3) is 0.875. The van der Waals surface area contributed by atoms with Gasteiger partial charge in [-0.15, -0.1) is 0 Å². The minimum atomic E-state index is -0.400. The first kappa shape index (κ1) is 18.0. The number of ether oxygens (including phenoxy) is 1. The molecule has 4 unspecified atom stereocenters. The van der Waals surface area contributed by atoms with Gasteiger partial charge in [0.2, 0.25) is 11.8 Å². The summed E-state index contributed by atoms with van der Waals surface area (Å²) in [5.74, 6) is 0.258. The third kappa shape index (κ3) is 3.96. The molecular weight excluding hydrogens is 268 g/mol. The summed E-state index contributed by atoms with van der Waals surface area (Å²) in [6.07, 6.45) is 1.61. The van der Waals surface area contributed by atoms with Gasteiger partial charge in [-0.1, -0.05) is 34.1 Å². The molecule has 21 heavy (non-hydrogen) atoms. The molecule has 5 heteroatoms. The van der Waals surface area contributed by atoms with Crippen molar-refractivity contribution in [2.24, 2.45) is 11.8 Å². The number of methoxy groups -OCH3 is 1. The van der Waals surface area contributed by atoms with Crippen LogP contribution in [0.2, 0.25) is 0 Å². The molecule has 0 bridgehead atoms. The van der Waals surface area contributed by atoms with E-state index in [1.807, 2.05) is 34.6 Å². The highest BCUT2D eigenvalue weighted by Crippen LogP contribution is 2.25. The Balaban J connectivity index is 3.03. The second-order valence-electron chi connectivity index (χ2n) is 6.44. The quantitative estimate of drug-likeness (QED) is 0.780. The van der Waals surface area contributed by atoms with Crippen molar-refractivity contribution < 1.29 is 14.3 Å². The smallest absolute Gasteiger partial charge is 0.246 e. The summed E-state index contributed by atoms with van der Waals surface area (Å²) in [5.41, 5.74) is 0. The Labute approximate surface area is 128 Å². The van der Waals surface area contributed by atoms with Gasteiger partial charge in [-0.2, -0.15) is 0 Å². The van der Waals surface area contributed by atoms with Gasteiger partial charge in [-0.25, -0.2) is 0 Å². The molecule has 0 radical (unpaired) electrons. The van der Waals surface area contributed by atoms with Gasteiger partial charge in [-0.05, 0) is 25.2 Å². The number of carbonyl (C=O) groups excluding carboxylic acids is 2. The minimum absolute atomic E-state index is 0.00227. The molecule has 0 spiro atoms. The zero-order valence-electron chi connectivity index (χ0n) is 14.2. The van der Waals surface area contributed by atoms with Crippen molar-refractivity contribution in [3.8, 4) is 0 Å². The third-order valence-electron chi connectivity index (χ3n) is 4.45. The molecule has 1 aliphatic rings. The van der Waals surface area contributed by atoms with Crippen molar-refractivity contribution in [1.82, 2.24) is 10.2 Å². The molecule has 2 amide bonds. The second kappa shape index (κ2) is 7.78. The predicted octanol–water partition coefficient (Wildman–Crippen LogP) is 1.81. The van der Waals surface area contributed by atoms with E-state index in [2.05, 4.69) is 5.32 Å². The highest BCUT2D eigenvalue weighted by atomic mass is 16.5. The number of nitrogens with one attached hydrogen (secondary N) is 1. The summed E-state index contributed by atoms with van der Waals surface area (Å²) in [7, 11) is 1.65. The maximum Gasteiger partial charge on any atom is 0.246 e. The lowest BCUT2D eigenvalue weighted by atomic mass is 9.89. The number of amides is 2. The van der Waals surface area contributed by atoms with Crippen molar-refractivity contribution >= 4 is 11.8 Å². The van der Waals surface area contributed by atoms with Crippen LogP contribution in [0.4, 0.5) is 0 Å². The molecule has 0 aliphatic carbocycles. The van der Waals surface area contributed by atoms with Gasteiger partial charge in [0.15, 0.2) is 0 Å². The average molecular weight is 298 g/mol. The Morgan fingerprint density at radius 1 is 1.24 bits per heavy atom. The zero-order chi connectivity index (χ0) is 16.2. The molecule has 1 fully saturated rings. The number of hydrogen-bond donors (Lipinski definition) is 1. The maximum absolute atomic E-state index is 12.9. The summed E-state index contributed by atoms with van der Waals surface area (Å²) in [6, 6.07) is -0.783. The van der Waals surface area contributed by atoms with Crippen molar-refractivity contribution in [1.29, 1.82) is 0 Å². The van der Waals surface area contributed by atoms with Crippen LogP contribution in [0.1, 0.15) is 47.5 Å². The van der Waals surface area contributed by atoms with Gasteiger partial charge in [0.1, 0.15) is 12.1 Å². The topological polar surface area (TPSA) is 58.6 Å². The number of rotatable bonds is 7. The van der Waals surface area contributed by atoms with Crippen LogP contribution in [0.5, 0.6) is 0 Å². The molecule has 0 aromatic rings. The molecule has 4 atom stereocenters. The molecule has 5 nitrogen and oxygen atoms in total. The first-order valence-corrected chi connectivity index (χ1v) is 7.96. The molecule has 1 heterocycles. The van der Waals surface area contributed by atoms with Crippen LogP contribution in [0, 0.1) is 11.8 Å². The summed E-state index contributed by atoms with van der Waals surface area (Å²) in [5, 5.41) is 2.93. The number of nitrogens with zero attached hydrogens (tertiary/aromatic N) is 1. The summed E-state index contributed by atoms with van der Waals surface area (Å²) in [6.45, 7) is 10.6. The van der Waals surface area contributed by atoms with E-state index in [4.69, 9.17) is 4.74 Å². The molecule has 0 saturated carbocycles. The second-order valence-corrected chi connectivity index (χ2v) is 6.44. The molecular formula is C16H30N2O3. The van der Waals surface area contributed by atoms with Crippen LogP contribution in [0.15, 0.2) is 0 Å². The summed E-state index contributed by atoms with van der Waals surface area (Å²) >= 11 is 0. The lowest BCUT2D eigenvalue weighted by Gasteiger charge is -2.45. The number of carbonyl (C=O) groups is 2. The van der Waals surface area contributed by atoms with E-state index in [-0.39, 0.29) is 35.7 Å². The molecule has 1 rings (SSSR count). The van der Waals surface area contributed by atoms with E-state index in [9.17, 15) is 9.59 Å². The Kier molecular flexibility index (Phi) is 6.65. The molecule has 1 saturated heterocycles. The molecule has 0 aromatic heterocycles. The Morgan fingerprint density at radius 3 is 2.33 bits per heavy atom. The summed E-state index contributed by atoms with van der Waals surface area (Å²) < 4.78 is 5.12. The lowest BCUT2D eigenvalue weighted by molar-refractivity contribution is -0.155. The van der Waals surface area contributed by atoms with Crippen LogP contribution < -0.4 is 5.32 Å². The molecule has 1 N–H and O–H groups in total.